The topological polar surface area (TPSA) is 104 Å². The van der Waals surface area contributed by atoms with Gasteiger partial charge in [0, 0.05) is 12.5 Å². The normalized spacial score (nSPS) is 10.8. The zero-order valence-electron chi connectivity index (χ0n) is 15.4. The summed E-state index contributed by atoms with van der Waals surface area (Å²) in [4.78, 5) is 31.4. The number of carbonyl (C=O) groups is 1. The van der Waals surface area contributed by atoms with Gasteiger partial charge in [-0.2, -0.15) is 0 Å². The molecule has 0 atom stereocenters. The van der Waals surface area contributed by atoms with Gasteiger partial charge in [-0.3, -0.25) is 9.59 Å². The Kier molecular flexibility index (Phi) is 5.23. The van der Waals surface area contributed by atoms with Crippen molar-refractivity contribution in [2.75, 3.05) is 18.5 Å². The molecular formula is C20H21N3O4. The average Bonchev–Trinajstić information content (AvgIpc) is 2.61. The molecule has 0 aliphatic rings. The van der Waals surface area contributed by atoms with Crippen molar-refractivity contribution in [3.63, 3.8) is 0 Å². The van der Waals surface area contributed by atoms with Crippen LogP contribution in [0.3, 0.4) is 0 Å². The van der Waals surface area contributed by atoms with Gasteiger partial charge in [-0.1, -0.05) is 6.07 Å². The van der Waals surface area contributed by atoms with E-state index in [0.717, 1.165) is 16.7 Å². The number of amides is 1. The summed E-state index contributed by atoms with van der Waals surface area (Å²) in [6.45, 7) is 5.35. The molecule has 0 saturated carbocycles. The zero-order valence-corrected chi connectivity index (χ0v) is 15.4. The van der Waals surface area contributed by atoms with Gasteiger partial charge in [0.05, 0.1) is 17.7 Å². The van der Waals surface area contributed by atoms with Crippen LogP contribution in [-0.2, 0) is 4.79 Å². The van der Waals surface area contributed by atoms with Crippen molar-refractivity contribution in [2.45, 2.75) is 20.8 Å². The molecule has 3 N–H and O–H groups in total. The quantitative estimate of drug-likeness (QED) is 0.643. The van der Waals surface area contributed by atoms with Gasteiger partial charge in [-0.05, 0) is 49.2 Å². The van der Waals surface area contributed by atoms with Gasteiger partial charge in [0.1, 0.15) is 23.7 Å². The van der Waals surface area contributed by atoms with Gasteiger partial charge in [0.15, 0.2) is 0 Å². The summed E-state index contributed by atoms with van der Waals surface area (Å²) >= 11 is 0. The van der Waals surface area contributed by atoms with Gasteiger partial charge in [0.2, 0.25) is 5.91 Å². The molecule has 7 nitrogen and oxygen atoms in total. The van der Waals surface area contributed by atoms with E-state index in [1.807, 2.05) is 26.0 Å². The number of ether oxygens (including phenoxy) is 1. The molecule has 3 aromatic rings. The number of anilines is 1. The predicted molar refractivity (Wildman–Crippen MR) is 104 cm³/mol. The van der Waals surface area contributed by atoms with Crippen LogP contribution in [0.15, 0.2) is 35.1 Å². The minimum Gasteiger partial charge on any atom is -0.491 e. The van der Waals surface area contributed by atoms with Gasteiger partial charge >= 0.3 is 0 Å². The summed E-state index contributed by atoms with van der Waals surface area (Å²) in [6.07, 6.45) is 0. The second kappa shape index (κ2) is 7.59. The standard InChI is InChI=1S/C20H21N3O4/c1-11-9-14(10-12(2)18(11)27-8-7-24)19-22-17-15(20(26)23-19)5-4-6-16(17)21-13(3)25/h4-6,9-10,24H,7-8H2,1-3H3,(H,21,25)(H,22,23,26). The lowest BCUT2D eigenvalue weighted by molar-refractivity contribution is -0.114. The van der Waals surface area contributed by atoms with E-state index in [-0.39, 0.29) is 24.7 Å². The highest BCUT2D eigenvalue weighted by Gasteiger charge is 2.13. The molecule has 27 heavy (non-hydrogen) atoms. The van der Waals surface area contributed by atoms with Crippen molar-refractivity contribution >= 4 is 22.5 Å². The van der Waals surface area contributed by atoms with Crippen molar-refractivity contribution < 1.29 is 14.6 Å². The largest absolute Gasteiger partial charge is 0.491 e. The zero-order chi connectivity index (χ0) is 19.6. The second-order valence-electron chi connectivity index (χ2n) is 6.31. The number of hydrogen-bond donors (Lipinski definition) is 3. The maximum absolute atomic E-state index is 12.5. The number of hydrogen-bond acceptors (Lipinski definition) is 5. The molecule has 0 aliphatic carbocycles. The van der Waals surface area contributed by atoms with Crippen LogP contribution >= 0.6 is 0 Å². The smallest absolute Gasteiger partial charge is 0.259 e. The van der Waals surface area contributed by atoms with Gasteiger partial charge in [0.25, 0.3) is 5.56 Å². The average molecular weight is 367 g/mol. The third kappa shape index (κ3) is 3.83. The van der Waals surface area contributed by atoms with E-state index in [4.69, 9.17) is 9.84 Å². The molecule has 0 unspecified atom stereocenters. The fraction of sp³-hybridized carbons (Fsp3) is 0.250. The Hall–Kier alpha value is -3.19. The highest BCUT2D eigenvalue weighted by Crippen LogP contribution is 2.29. The number of H-pyrrole nitrogens is 1. The van der Waals surface area contributed by atoms with Crippen LogP contribution in [-0.4, -0.2) is 34.2 Å². The number of rotatable bonds is 5. The number of nitrogens with zero attached hydrogens (tertiary/aromatic N) is 1. The highest BCUT2D eigenvalue weighted by atomic mass is 16.5. The maximum atomic E-state index is 12.5. The summed E-state index contributed by atoms with van der Waals surface area (Å²) in [5.74, 6) is 0.878. The van der Waals surface area contributed by atoms with Gasteiger partial charge in [-0.25, -0.2) is 4.98 Å². The summed E-state index contributed by atoms with van der Waals surface area (Å²) in [5, 5.41) is 12.1. The third-order valence-corrected chi connectivity index (χ3v) is 4.12. The first kappa shape index (κ1) is 18.6. The SMILES string of the molecule is CC(=O)Nc1cccc2c(=O)[nH]c(-c3cc(C)c(OCCO)c(C)c3)nc12. The predicted octanol–water partition coefficient (Wildman–Crippen LogP) is 2.54. The Morgan fingerprint density at radius 3 is 2.59 bits per heavy atom. The Labute approximate surface area is 156 Å². The number of aromatic amines is 1. The number of para-hydroxylation sites is 1. The van der Waals surface area contributed by atoms with Crippen molar-refractivity contribution in [3.05, 3.63) is 51.8 Å². The van der Waals surface area contributed by atoms with Crippen LogP contribution < -0.4 is 15.6 Å². The number of aliphatic hydroxyl groups is 1. The molecule has 0 saturated heterocycles. The van der Waals surface area contributed by atoms with Crippen LogP contribution in [0.1, 0.15) is 18.1 Å². The first-order valence-corrected chi connectivity index (χ1v) is 8.56. The molecule has 0 aliphatic heterocycles. The van der Waals surface area contributed by atoms with Crippen molar-refractivity contribution in [1.29, 1.82) is 0 Å². The van der Waals surface area contributed by atoms with E-state index < -0.39 is 0 Å². The minimum atomic E-state index is -0.280. The molecule has 1 aromatic heterocycles. The van der Waals surface area contributed by atoms with E-state index in [9.17, 15) is 9.59 Å². The molecular weight excluding hydrogens is 346 g/mol. The number of aliphatic hydroxyl groups excluding tert-OH is 1. The third-order valence-electron chi connectivity index (χ3n) is 4.12. The molecule has 2 aromatic carbocycles. The molecule has 3 rings (SSSR count). The first-order valence-electron chi connectivity index (χ1n) is 8.56. The van der Waals surface area contributed by atoms with Crippen LogP contribution in [0.2, 0.25) is 0 Å². The molecule has 0 bridgehead atoms. The maximum Gasteiger partial charge on any atom is 0.259 e. The molecule has 0 spiro atoms. The summed E-state index contributed by atoms with van der Waals surface area (Å²) < 4.78 is 5.57. The summed E-state index contributed by atoms with van der Waals surface area (Å²) in [6, 6.07) is 8.81. The number of aromatic nitrogens is 2. The van der Waals surface area contributed by atoms with Crippen LogP contribution in [0.5, 0.6) is 5.75 Å². The van der Waals surface area contributed by atoms with E-state index in [1.54, 1.807) is 18.2 Å². The number of fused-ring (bicyclic) bond motifs is 1. The molecule has 1 heterocycles. The Morgan fingerprint density at radius 1 is 1.26 bits per heavy atom. The van der Waals surface area contributed by atoms with Crippen molar-refractivity contribution in [2.24, 2.45) is 0 Å². The lowest BCUT2D eigenvalue weighted by Gasteiger charge is -2.14. The van der Waals surface area contributed by atoms with Gasteiger partial charge in [-0.15, -0.1) is 0 Å². The molecule has 140 valence electrons. The number of aryl methyl sites for hydroxylation is 2. The monoisotopic (exact) mass is 367 g/mol. The Balaban J connectivity index is 2.15. The van der Waals surface area contributed by atoms with Crippen molar-refractivity contribution in [3.8, 4) is 17.1 Å². The van der Waals surface area contributed by atoms with Crippen LogP contribution in [0.4, 0.5) is 5.69 Å². The van der Waals surface area contributed by atoms with E-state index in [0.29, 0.717) is 28.2 Å². The van der Waals surface area contributed by atoms with Gasteiger partial charge < -0.3 is 20.1 Å². The molecule has 7 heteroatoms. The summed E-state index contributed by atoms with van der Waals surface area (Å²) in [5.41, 5.74) is 3.12. The minimum absolute atomic E-state index is 0.0634. The molecule has 0 radical (unpaired) electrons. The van der Waals surface area contributed by atoms with Crippen LogP contribution in [0.25, 0.3) is 22.3 Å². The summed E-state index contributed by atoms with van der Waals surface area (Å²) in [7, 11) is 0. The van der Waals surface area contributed by atoms with Crippen molar-refractivity contribution in [1.82, 2.24) is 9.97 Å². The van der Waals surface area contributed by atoms with E-state index in [2.05, 4.69) is 15.3 Å². The lowest BCUT2D eigenvalue weighted by Crippen LogP contribution is -2.13. The van der Waals surface area contributed by atoms with E-state index >= 15 is 0 Å². The Morgan fingerprint density at radius 2 is 1.96 bits per heavy atom. The highest BCUT2D eigenvalue weighted by molar-refractivity contribution is 5.99. The number of benzene rings is 2. The lowest BCUT2D eigenvalue weighted by atomic mass is 10.0. The van der Waals surface area contributed by atoms with Crippen LogP contribution in [0, 0.1) is 13.8 Å². The first-order chi connectivity index (χ1) is 12.9. The fourth-order valence-electron chi connectivity index (χ4n) is 3.05. The number of nitrogens with one attached hydrogen (secondary N) is 2. The second-order valence-corrected chi connectivity index (χ2v) is 6.31. The molecule has 1 amide bonds. The number of carbonyl (C=O) groups excluding carboxylic acids is 1. The Bertz CT molecular complexity index is 1050. The molecule has 0 fully saturated rings. The fourth-order valence-corrected chi connectivity index (χ4v) is 3.05. The van der Waals surface area contributed by atoms with E-state index in [1.165, 1.54) is 6.92 Å².